The summed E-state index contributed by atoms with van der Waals surface area (Å²) in [5.41, 5.74) is 10.8. The maximum absolute atomic E-state index is 6.54. The molecular weight excluding hydrogens is 625 g/mol. The van der Waals surface area contributed by atoms with E-state index in [0.29, 0.717) is 5.95 Å². The van der Waals surface area contributed by atoms with Gasteiger partial charge in [-0.25, -0.2) is 9.97 Å². The Bertz CT molecular complexity index is 3130. The van der Waals surface area contributed by atoms with Crippen LogP contribution in [-0.4, -0.2) is 19.1 Å². The molecule has 11 aromatic rings. The maximum Gasteiger partial charge on any atom is 0.235 e. The molecule has 238 valence electrons. The van der Waals surface area contributed by atoms with E-state index in [9.17, 15) is 0 Å². The van der Waals surface area contributed by atoms with E-state index in [2.05, 4.69) is 161 Å². The van der Waals surface area contributed by atoms with Gasteiger partial charge in [0.2, 0.25) is 5.95 Å². The number of furan rings is 1. The molecule has 0 spiro atoms. The largest absolute Gasteiger partial charge is 0.455 e. The second kappa shape index (κ2) is 10.8. The highest BCUT2D eigenvalue weighted by molar-refractivity contribution is 6.26. The van der Waals surface area contributed by atoms with Gasteiger partial charge in [-0.3, -0.25) is 4.57 Å². The number of aromatic nitrogens is 4. The van der Waals surface area contributed by atoms with Gasteiger partial charge < -0.3 is 8.98 Å². The topological polar surface area (TPSA) is 48.8 Å². The molecular formula is C46H28N4O. The lowest BCUT2D eigenvalue weighted by Crippen LogP contribution is -2.04. The van der Waals surface area contributed by atoms with Gasteiger partial charge in [0.25, 0.3) is 0 Å². The third-order valence-corrected chi connectivity index (χ3v) is 10.1. The van der Waals surface area contributed by atoms with Gasteiger partial charge in [-0.2, -0.15) is 0 Å². The zero-order valence-corrected chi connectivity index (χ0v) is 27.4. The van der Waals surface area contributed by atoms with Gasteiger partial charge >= 0.3 is 0 Å². The van der Waals surface area contributed by atoms with Crippen molar-refractivity contribution in [1.82, 2.24) is 19.1 Å². The first kappa shape index (κ1) is 27.9. The Morgan fingerprint density at radius 2 is 1.08 bits per heavy atom. The fraction of sp³-hybridized carbons (Fsp3) is 0. The van der Waals surface area contributed by atoms with Gasteiger partial charge in [-0.15, -0.1) is 0 Å². The average Bonchev–Trinajstić information content (AvgIpc) is 3.86. The lowest BCUT2D eigenvalue weighted by Gasteiger charge is -2.13. The zero-order chi connectivity index (χ0) is 33.5. The number of fused-ring (bicyclic) bond motifs is 10. The van der Waals surface area contributed by atoms with Gasteiger partial charge in [0.1, 0.15) is 11.2 Å². The van der Waals surface area contributed by atoms with Crippen molar-refractivity contribution in [3.8, 4) is 34.2 Å². The summed E-state index contributed by atoms with van der Waals surface area (Å²) >= 11 is 0. The third-order valence-electron chi connectivity index (χ3n) is 10.1. The second-order valence-electron chi connectivity index (χ2n) is 13.0. The van der Waals surface area contributed by atoms with E-state index < -0.39 is 0 Å². The number of hydrogen-bond donors (Lipinski definition) is 0. The van der Waals surface area contributed by atoms with E-state index in [1.54, 1.807) is 0 Å². The summed E-state index contributed by atoms with van der Waals surface area (Å²) in [7, 11) is 0. The van der Waals surface area contributed by atoms with Crippen LogP contribution >= 0.6 is 0 Å². The number of para-hydroxylation sites is 5. The Labute approximate surface area is 292 Å². The Morgan fingerprint density at radius 1 is 0.431 bits per heavy atom. The fourth-order valence-corrected chi connectivity index (χ4v) is 7.95. The van der Waals surface area contributed by atoms with Crippen molar-refractivity contribution in [2.24, 2.45) is 0 Å². The molecule has 0 unspecified atom stereocenters. The lowest BCUT2D eigenvalue weighted by atomic mass is 10.0. The zero-order valence-electron chi connectivity index (χ0n) is 27.4. The lowest BCUT2D eigenvalue weighted by molar-refractivity contribution is 0.670. The van der Waals surface area contributed by atoms with Crippen LogP contribution in [-0.2, 0) is 0 Å². The molecule has 4 aromatic heterocycles. The number of nitrogens with zero attached hydrogens (tertiary/aromatic N) is 4. The number of hydrogen-bond acceptors (Lipinski definition) is 3. The first-order chi connectivity index (χ1) is 25.3. The van der Waals surface area contributed by atoms with E-state index in [-0.39, 0.29) is 0 Å². The highest BCUT2D eigenvalue weighted by Crippen LogP contribution is 2.42. The van der Waals surface area contributed by atoms with Crippen LogP contribution < -0.4 is 0 Å². The monoisotopic (exact) mass is 652 g/mol. The third kappa shape index (κ3) is 4.09. The summed E-state index contributed by atoms with van der Waals surface area (Å²) in [6.07, 6.45) is 0. The Kier molecular flexibility index (Phi) is 5.89. The SMILES string of the molecule is c1ccc(-c2cc(-c3cccc4c3oc3ccccc34)nc(-n3c4ccccc4c4ccc5c(c6ccccc6n5-c5ccccc5)c43)n2)cc1. The minimum absolute atomic E-state index is 0.606. The van der Waals surface area contributed by atoms with Crippen molar-refractivity contribution in [3.63, 3.8) is 0 Å². The van der Waals surface area contributed by atoms with Gasteiger partial charge in [0.05, 0.1) is 33.5 Å². The van der Waals surface area contributed by atoms with Crippen LogP contribution in [0, 0.1) is 0 Å². The Balaban J connectivity index is 1.29. The van der Waals surface area contributed by atoms with Crippen LogP contribution in [0.1, 0.15) is 0 Å². The highest BCUT2D eigenvalue weighted by Gasteiger charge is 2.23. The highest BCUT2D eigenvalue weighted by atomic mass is 16.3. The van der Waals surface area contributed by atoms with Crippen molar-refractivity contribution < 1.29 is 4.42 Å². The van der Waals surface area contributed by atoms with Crippen LogP contribution in [0.2, 0.25) is 0 Å². The van der Waals surface area contributed by atoms with Gasteiger partial charge in [0, 0.05) is 49.1 Å². The van der Waals surface area contributed by atoms with Crippen LogP contribution in [0.3, 0.4) is 0 Å². The van der Waals surface area contributed by atoms with Crippen molar-refractivity contribution in [2.45, 2.75) is 0 Å². The summed E-state index contributed by atoms with van der Waals surface area (Å²) in [6, 6.07) is 59.3. The quantitative estimate of drug-likeness (QED) is 0.190. The van der Waals surface area contributed by atoms with Crippen LogP contribution in [0.15, 0.2) is 174 Å². The van der Waals surface area contributed by atoms with E-state index in [1.807, 2.05) is 18.2 Å². The molecule has 0 bridgehead atoms. The molecule has 5 heteroatoms. The summed E-state index contributed by atoms with van der Waals surface area (Å²) < 4.78 is 11.2. The summed E-state index contributed by atoms with van der Waals surface area (Å²) in [4.78, 5) is 10.8. The molecule has 0 saturated heterocycles. The predicted molar refractivity (Wildman–Crippen MR) is 209 cm³/mol. The summed E-state index contributed by atoms with van der Waals surface area (Å²) in [5.74, 6) is 0.606. The van der Waals surface area contributed by atoms with Gasteiger partial charge in [-0.1, -0.05) is 121 Å². The first-order valence-electron chi connectivity index (χ1n) is 17.2. The number of rotatable bonds is 4. The molecule has 0 aliphatic rings. The number of benzene rings is 7. The minimum atomic E-state index is 0.606. The van der Waals surface area contributed by atoms with E-state index in [0.717, 1.165) is 88.4 Å². The van der Waals surface area contributed by atoms with Crippen molar-refractivity contribution in [2.75, 3.05) is 0 Å². The Morgan fingerprint density at radius 3 is 1.90 bits per heavy atom. The summed E-state index contributed by atoms with van der Waals surface area (Å²) in [6.45, 7) is 0. The molecule has 0 N–H and O–H groups in total. The van der Waals surface area contributed by atoms with Crippen molar-refractivity contribution >= 4 is 65.6 Å². The average molecular weight is 653 g/mol. The molecule has 5 nitrogen and oxygen atoms in total. The molecule has 0 aliphatic heterocycles. The minimum Gasteiger partial charge on any atom is -0.455 e. The second-order valence-corrected chi connectivity index (χ2v) is 13.0. The van der Waals surface area contributed by atoms with E-state index in [1.165, 1.54) is 5.39 Å². The van der Waals surface area contributed by atoms with Crippen molar-refractivity contribution in [1.29, 1.82) is 0 Å². The van der Waals surface area contributed by atoms with Crippen LogP contribution in [0.25, 0.3) is 99.7 Å². The standard InChI is InChI=1S/C46H28N4O/c1-3-14-29(15-4-1)37-28-38(35-22-13-21-34-32-19-9-12-25-42(32)51-45(34)35)48-46(47-37)50-39-23-10-7-18-31(39)33-26-27-41-43(44(33)50)36-20-8-11-24-40(36)49(41)30-16-5-2-6-17-30/h1-28H. The van der Waals surface area contributed by atoms with Gasteiger partial charge in [0.15, 0.2) is 0 Å². The molecule has 0 fully saturated rings. The fourth-order valence-electron chi connectivity index (χ4n) is 7.95. The predicted octanol–water partition coefficient (Wildman–Crippen LogP) is 11.9. The van der Waals surface area contributed by atoms with Gasteiger partial charge in [-0.05, 0) is 48.5 Å². The van der Waals surface area contributed by atoms with Crippen molar-refractivity contribution in [3.05, 3.63) is 170 Å². The van der Waals surface area contributed by atoms with E-state index in [4.69, 9.17) is 14.4 Å². The summed E-state index contributed by atoms with van der Waals surface area (Å²) in [5, 5.41) is 6.81. The maximum atomic E-state index is 6.54. The molecule has 11 rings (SSSR count). The first-order valence-corrected chi connectivity index (χ1v) is 17.2. The normalized spacial score (nSPS) is 11.9. The molecule has 0 saturated carbocycles. The Hall–Kier alpha value is -6.98. The molecule has 0 amide bonds. The molecule has 0 atom stereocenters. The molecule has 0 aliphatic carbocycles. The molecule has 0 radical (unpaired) electrons. The van der Waals surface area contributed by atoms with E-state index >= 15 is 0 Å². The molecule has 7 aromatic carbocycles. The molecule has 51 heavy (non-hydrogen) atoms. The van der Waals surface area contributed by atoms with Crippen LogP contribution in [0.5, 0.6) is 0 Å². The molecule has 4 heterocycles. The smallest absolute Gasteiger partial charge is 0.235 e. The van der Waals surface area contributed by atoms with Crippen LogP contribution in [0.4, 0.5) is 0 Å².